The number of hydrogen-bond acceptors (Lipinski definition) is 17. The molecule has 100 heavy (non-hydrogen) atoms. The van der Waals surface area contributed by atoms with E-state index in [0.717, 1.165) is 0 Å². The highest BCUT2D eigenvalue weighted by atomic mass is 16.4. The smallest absolute Gasteiger partial charge is 0.326 e. The first-order valence-corrected chi connectivity index (χ1v) is 33.6. The molecule has 0 radical (unpaired) electrons. The lowest BCUT2D eigenvalue weighted by Crippen LogP contribution is -2.61. The number of rotatable bonds is 47. The van der Waals surface area contributed by atoms with E-state index >= 15 is 0 Å². The normalized spacial score (nSPS) is 14.8. The molecule has 0 saturated carbocycles. The van der Waals surface area contributed by atoms with Crippen molar-refractivity contribution in [2.75, 3.05) is 13.2 Å². The van der Waals surface area contributed by atoms with Crippen LogP contribution in [0.1, 0.15) is 135 Å². The van der Waals surface area contributed by atoms with Gasteiger partial charge < -0.3 is 91.4 Å². The number of benzene rings is 3. The lowest BCUT2D eigenvalue weighted by molar-refractivity contribution is -0.143. The Morgan fingerprint density at radius 1 is 0.380 bits per heavy atom. The molecule has 0 heterocycles. The summed E-state index contributed by atoms with van der Waals surface area (Å²) in [5.74, 6) is -15.1. The van der Waals surface area contributed by atoms with Crippen molar-refractivity contribution in [2.24, 2.45) is 40.7 Å². The highest BCUT2D eigenvalue weighted by molar-refractivity contribution is 5.99. The van der Waals surface area contributed by atoms with E-state index in [0.29, 0.717) is 29.5 Å². The number of carbonyl (C=O) groups is 14. The first-order valence-electron chi connectivity index (χ1n) is 33.6. The van der Waals surface area contributed by atoms with Crippen LogP contribution in [-0.4, -0.2) is 178 Å². The van der Waals surface area contributed by atoms with Gasteiger partial charge in [0.2, 0.25) is 70.9 Å². The molecule has 0 fully saturated rings. The lowest BCUT2D eigenvalue weighted by Gasteiger charge is -2.29. The van der Waals surface area contributed by atoms with Gasteiger partial charge in [0.15, 0.2) is 0 Å². The van der Waals surface area contributed by atoms with E-state index in [-0.39, 0.29) is 69.2 Å². The van der Waals surface area contributed by atoms with Crippen molar-refractivity contribution in [3.8, 4) is 0 Å². The molecule has 0 saturated heterocycles. The maximum atomic E-state index is 14.7. The van der Waals surface area contributed by atoms with Crippen molar-refractivity contribution in [1.82, 2.24) is 53.2 Å². The zero-order valence-electron chi connectivity index (χ0n) is 57.6. The summed E-state index contributed by atoms with van der Waals surface area (Å²) in [4.78, 5) is 190. The van der Waals surface area contributed by atoms with Crippen molar-refractivity contribution in [3.05, 3.63) is 108 Å². The Labute approximate surface area is 582 Å². The summed E-state index contributed by atoms with van der Waals surface area (Å²) in [5, 5.41) is 55.3. The van der Waals surface area contributed by atoms with Gasteiger partial charge in [0, 0.05) is 38.5 Å². The van der Waals surface area contributed by atoms with E-state index in [1.165, 1.54) is 0 Å². The van der Waals surface area contributed by atoms with Crippen LogP contribution in [0, 0.1) is 17.8 Å². The van der Waals surface area contributed by atoms with Crippen LogP contribution in [0.25, 0.3) is 0 Å². The van der Waals surface area contributed by atoms with Crippen LogP contribution >= 0.6 is 0 Å². The fraction of sp³-hybridized carbons (Fsp3) is 0.536. The Morgan fingerprint density at radius 2 is 0.670 bits per heavy atom. The van der Waals surface area contributed by atoms with Gasteiger partial charge in [-0.15, -0.1) is 0 Å². The zero-order valence-corrected chi connectivity index (χ0v) is 57.6. The Hall–Kier alpha value is -9.88. The molecule has 3 aromatic rings. The highest BCUT2D eigenvalue weighted by Crippen LogP contribution is 2.15. The molecule has 12 atom stereocenters. The number of nitrogens with two attached hydrogens (primary N) is 4. The molecule has 0 bridgehead atoms. The van der Waals surface area contributed by atoms with Gasteiger partial charge in [-0.3, -0.25) is 62.3 Å². The highest BCUT2D eigenvalue weighted by Gasteiger charge is 2.37. The Bertz CT molecular complexity index is 3200. The molecule has 0 aliphatic carbocycles. The molecule has 0 spiro atoms. The molecule has 31 heteroatoms. The molecule has 550 valence electrons. The topological polar surface area (TPSA) is 524 Å². The number of carboxylic acid groups (broad SMARTS) is 2. The summed E-state index contributed by atoms with van der Waals surface area (Å²) in [7, 11) is 0. The van der Waals surface area contributed by atoms with Crippen LogP contribution in [0.4, 0.5) is 0 Å². The average molecular weight is 1400 g/mol. The molecule has 21 N–H and O–H groups in total. The number of aliphatic carboxylic acids is 2. The van der Waals surface area contributed by atoms with Gasteiger partial charge in [-0.1, -0.05) is 139 Å². The van der Waals surface area contributed by atoms with Crippen LogP contribution in [0.3, 0.4) is 0 Å². The van der Waals surface area contributed by atoms with E-state index < -0.39 is 194 Å². The van der Waals surface area contributed by atoms with Gasteiger partial charge in [0.05, 0.1) is 12.6 Å². The number of amides is 12. The van der Waals surface area contributed by atoms with E-state index in [1.807, 2.05) is 6.92 Å². The van der Waals surface area contributed by atoms with Gasteiger partial charge in [-0.25, -0.2) is 4.79 Å². The number of aliphatic hydroxyl groups excluding tert-OH is 1. The second-order valence-corrected chi connectivity index (χ2v) is 25.6. The molecule has 0 aromatic heterocycles. The number of carbonyl (C=O) groups excluding carboxylic acids is 12. The van der Waals surface area contributed by atoms with Gasteiger partial charge in [0.1, 0.15) is 60.4 Å². The fourth-order valence-corrected chi connectivity index (χ4v) is 10.4. The minimum absolute atomic E-state index is 0.0132. The van der Waals surface area contributed by atoms with Crippen molar-refractivity contribution < 1.29 is 82.4 Å². The first kappa shape index (κ1) is 84.3. The van der Waals surface area contributed by atoms with Crippen LogP contribution in [-0.2, 0) is 86.4 Å². The Balaban J connectivity index is 1.96. The summed E-state index contributed by atoms with van der Waals surface area (Å²) in [5.41, 5.74) is 24.8. The monoisotopic (exact) mass is 1400 g/mol. The second-order valence-electron chi connectivity index (χ2n) is 25.6. The minimum atomic E-state index is -1.98. The third-order valence-corrected chi connectivity index (χ3v) is 16.3. The Kier molecular flexibility index (Phi) is 37.3. The molecule has 12 amide bonds. The average Bonchev–Trinajstić information content (AvgIpc) is 0.861. The lowest BCUT2D eigenvalue weighted by atomic mass is 9.97. The molecule has 3 aromatic carbocycles. The van der Waals surface area contributed by atoms with Crippen molar-refractivity contribution in [2.45, 2.75) is 204 Å². The number of carboxylic acids is 2. The number of aliphatic hydroxyl groups is 1. The molecule has 31 nitrogen and oxygen atoms in total. The SMILES string of the molecule is CC[C@H](C)[C@H](N)C(=O)N[C@@H](Cc1ccccc1)C(=O)N[C@@H](Cc1ccccc1)C(=O)N[C@@H](CC(C)C)C(=O)N[C@@H](CCCCN)C(=O)N[C@@H](CCC(N)=O)C(=O)N[C@@H](CCC(=O)O)C(=O)N[C@@H](CO)C(=O)N[C@@H](CCC(N)=O)C(=O)N[C@@H](Cc1ccccc1)C(=O)N[C@@H](CC(C)C)C(=O)O. The first-order chi connectivity index (χ1) is 47.3. The van der Waals surface area contributed by atoms with Crippen LogP contribution in [0.5, 0.6) is 0 Å². The van der Waals surface area contributed by atoms with E-state index in [9.17, 15) is 82.4 Å². The van der Waals surface area contributed by atoms with Gasteiger partial charge in [0.25, 0.3) is 0 Å². The molecular formula is C69H102N14O17. The maximum absolute atomic E-state index is 14.7. The quantitative estimate of drug-likeness (QED) is 0.0290. The van der Waals surface area contributed by atoms with Crippen LogP contribution in [0.2, 0.25) is 0 Å². The van der Waals surface area contributed by atoms with Crippen molar-refractivity contribution >= 4 is 82.8 Å². The Morgan fingerprint density at radius 3 is 1.00 bits per heavy atom. The second kappa shape index (κ2) is 44.2. The largest absolute Gasteiger partial charge is 0.481 e. The number of nitrogens with one attached hydrogen (secondary N) is 10. The zero-order chi connectivity index (χ0) is 74.6. The number of primary amides is 2. The molecule has 0 unspecified atom stereocenters. The summed E-state index contributed by atoms with van der Waals surface area (Å²) < 4.78 is 0. The number of hydrogen-bond donors (Lipinski definition) is 17. The molecule has 0 aliphatic heterocycles. The van der Waals surface area contributed by atoms with Crippen molar-refractivity contribution in [3.63, 3.8) is 0 Å². The summed E-state index contributed by atoms with van der Waals surface area (Å²) in [6.07, 6.45) is -2.81. The molecule has 3 rings (SSSR count). The van der Waals surface area contributed by atoms with Gasteiger partial charge >= 0.3 is 11.9 Å². The third-order valence-electron chi connectivity index (χ3n) is 16.3. The standard InChI is InChI=1S/C69H102N14O17/c1-7-41(6)58(73)68(98)81-52(37-44-23-15-10-16-24-44)65(95)80-50(35-42-19-11-8-12-20-42)64(94)78-49(33-39(2)3)63(93)74-45(25-17-18-32-70)59(89)75-46(26-29-55(71)85)60(90)76-48(28-31-57(87)88)62(92)83-54(38-84)67(97)77-47(27-30-56(72)86)61(91)79-51(36-43-21-13-9-14-22-43)66(96)82-53(69(99)100)34-40(4)5/h8-16,19-24,39-41,45-54,58,84H,7,17-18,25-38,70,73H2,1-6H3,(H2,71,85)(H2,72,86)(H,74,93)(H,75,89)(H,76,90)(H,77,97)(H,78,94)(H,79,91)(H,80,95)(H,81,98)(H,82,96)(H,83,92)(H,87,88)(H,99,100)/t41-,45-,46-,47-,48-,49-,50-,51-,52-,53-,54-,58-/m0/s1. The number of unbranched alkanes of at least 4 members (excludes halogenated alkanes) is 1. The summed E-state index contributed by atoms with van der Waals surface area (Å²) in [6, 6.07) is 9.22. The van der Waals surface area contributed by atoms with Crippen LogP contribution in [0.15, 0.2) is 91.0 Å². The van der Waals surface area contributed by atoms with E-state index in [4.69, 9.17) is 22.9 Å². The van der Waals surface area contributed by atoms with Crippen molar-refractivity contribution in [1.29, 1.82) is 0 Å². The molecular weight excluding hydrogens is 1300 g/mol. The van der Waals surface area contributed by atoms with E-state index in [2.05, 4.69) is 53.2 Å². The summed E-state index contributed by atoms with van der Waals surface area (Å²) in [6.45, 7) is 9.64. The predicted molar refractivity (Wildman–Crippen MR) is 367 cm³/mol. The van der Waals surface area contributed by atoms with E-state index in [1.54, 1.807) is 126 Å². The minimum Gasteiger partial charge on any atom is -0.481 e. The summed E-state index contributed by atoms with van der Waals surface area (Å²) >= 11 is 0. The fourth-order valence-electron chi connectivity index (χ4n) is 10.4. The van der Waals surface area contributed by atoms with Gasteiger partial charge in [-0.05, 0) is 92.4 Å². The predicted octanol–water partition coefficient (Wildman–Crippen LogP) is -1.37. The third kappa shape index (κ3) is 31.3. The maximum Gasteiger partial charge on any atom is 0.326 e. The van der Waals surface area contributed by atoms with Crippen LogP contribution < -0.4 is 76.1 Å². The molecule has 0 aliphatic rings. The van der Waals surface area contributed by atoms with Gasteiger partial charge in [-0.2, -0.15) is 0 Å².